The van der Waals surface area contributed by atoms with E-state index in [1.54, 1.807) is 10.9 Å². The summed E-state index contributed by atoms with van der Waals surface area (Å²) in [6.45, 7) is 5.63. The smallest absolute Gasteiger partial charge is 0.163 e. The van der Waals surface area contributed by atoms with Crippen LogP contribution in [0.1, 0.15) is 19.2 Å². The standard InChI is InChI=1S/C14H22N6O/c1-10-8-20(5-4-6-21-10)9-12-17-13(15-2)11-7-16-19(3)14(11)18-12/h7,10H,4-6,8-9H2,1-3H3,(H,15,17,18). The molecule has 3 rings (SSSR count). The molecule has 1 aliphatic rings. The van der Waals surface area contributed by atoms with Gasteiger partial charge in [-0.25, -0.2) is 9.97 Å². The zero-order valence-electron chi connectivity index (χ0n) is 12.8. The Morgan fingerprint density at radius 1 is 1.43 bits per heavy atom. The molecule has 0 aliphatic carbocycles. The maximum atomic E-state index is 5.68. The highest BCUT2D eigenvalue weighted by Gasteiger charge is 2.18. The van der Waals surface area contributed by atoms with Crippen molar-refractivity contribution in [1.82, 2.24) is 24.6 Å². The van der Waals surface area contributed by atoms with Crippen LogP contribution in [0.3, 0.4) is 0 Å². The molecule has 0 bridgehead atoms. The van der Waals surface area contributed by atoms with Crippen LogP contribution in [0.15, 0.2) is 6.20 Å². The number of nitrogens with one attached hydrogen (secondary N) is 1. The first-order valence-corrected chi connectivity index (χ1v) is 7.37. The molecule has 21 heavy (non-hydrogen) atoms. The summed E-state index contributed by atoms with van der Waals surface area (Å²) in [5, 5.41) is 8.35. The van der Waals surface area contributed by atoms with Crippen molar-refractivity contribution in [2.75, 3.05) is 32.1 Å². The first kappa shape index (κ1) is 14.2. The lowest BCUT2D eigenvalue weighted by Crippen LogP contribution is -2.30. The van der Waals surface area contributed by atoms with Crippen molar-refractivity contribution < 1.29 is 4.74 Å². The summed E-state index contributed by atoms with van der Waals surface area (Å²) in [6.07, 6.45) is 3.11. The van der Waals surface area contributed by atoms with Crippen LogP contribution in [0, 0.1) is 0 Å². The predicted molar refractivity (Wildman–Crippen MR) is 81.2 cm³/mol. The fraction of sp³-hybridized carbons (Fsp3) is 0.643. The molecule has 2 aromatic heterocycles. The molecule has 1 aliphatic heterocycles. The molecule has 0 saturated carbocycles. The van der Waals surface area contributed by atoms with Crippen LogP contribution < -0.4 is 5.32 Å². The first-order chi connectivity index (χ1) is 10.2. The van der Waals surface area contributed by atoms with E-state index in [1.807, 2.05) is 14.1 Å². The molecule has 1 N–H and O–H groups in total. The molecule has 1 atom stereocenters. The largest absolute Gasteiger partial charge is 0.377 e. The lowest BCUT2D eigenvalue weighted by molar-refractivity contribution is 0.0665. The Bertz CT molecular complexity index is 625. The third-order valence-corrected chi connectivity index (χ3v) is 3.78. The van der Waals surface area contributed by atoms with Crippen LogP contribution >= 0.6 is 0 Å². The molecule has 1 unspecified atom stereocenters. The van der Waals surface area contributed by atoms with Crippen LogP contribution in [0.2, 0.25) is 0 Å². The Morgan fingerprint density at radius 3 is 3.10 bits per heavy atom. The maximum absolute atomic E-state index is 5.68. The summed E-state index contributed by atoms with van der Waals surface area (Å²) in [6, 6.07) is 0. The van der Waals surface area contributed by atoms with Crippen LogP contribution in [0.4, 0.5) is 5.82 Å². The van der Waals surface area contributed by atoms with E-state index in [9.17, 15) is 0 Å². The summed E-state index contributed by atoms with van der Waals surface area (Å²) >= 11 is 0. The van der Waals surface area contributed by atoms with Gasteiger partial charge in [-0.05, 0) is 13.3 Å². The number of hydrogen-bond acceptors (Lipinski definition) is 6. The van der Waals surface area contributed by atoms with E-state index in [1.165, 1.54) is 0 Å². The second kappa shape index (κ2) is 5.95. The minimum atomic E-state index is 0.261. The van der Waals surface area contributed by atoms with Crippen LogP contribution in [-0.4, -0.2) is 57.5 Å². The quantitative estimate of drug-likeness (QED) is 0.910. The van der Waals surface area contributed by atoms with E-state index in [0.29, 0.717) is 0 Å². The molecule has 1 fully saturated rings. The SMILES string of the molecule is CNc1nc(CN2CCCOC(C)C2)nc2c1cnn2C. The molecule has 0 spiro atoms. The molecule has 114 valence electrons. The summed E-state index contributed by atoms with van der Waals surface area (Å²) < 4.78 is 7.47. The number of nitrogens with zero attached hydrogens (tertiary/aromatic N) is 5. The summed E-state index contributed by atoms with van der Waals surface area (Å²) in [7, 11) is 3.78. The van der Waals surface area contributed by atoms with Gasteiger partial charge in [0.1, 0.15) is 11.6 Å². The van der Waals surface area contributed by atoms with E-state index < -0.39 is 0 Å². The molecule has 1 saturated heterocycles. The number of ether oxygens (including phenoxy) is 1. The van der Waals surface area contributed by atoms with Gasteiger partial charge in [0.05, 0.1) is 24.2 Å². The van der Waals surface area contributed by atoms with E-state index in [-0.39, 0.29) is 6.10 Å². The number of hydrogen-bond donors (Lipinski definition) is 1. The summed E-state index contributed by atoms with van der Waals surface area (Å²) in [5.41, 5.74) is 0.864. The van der Waals surface area contributed by atoms with Crippen molar-refractivity contribution in [3.05, 3.63) is 12.0 Å². The number of aryl methyl sites for hydroxylation is 1. The Balaban J connectivity index is 1.87. The van der Waals surface area contributed by atoms with Crippen molar-refractivity contribution in [1.29, 1.82) is 0 Å². The summed E-state index contributed by atoms with van der Waals surface area (Å²) in [4.78, 5) is 11.6. The monoisotopic (exact) mass is 290 g/mol. The van der Waals surface area contributed by atoms with Crippen molar-refractivity contribution in [2.24, 2.45) is 7.05 Å². The van der Waals surface area contributed by atoms with Gasteiger partial charge in [0, 0.05) is 33.8 Å². The molecular formula is C14H22N6O. The normalized spacial score (nSPS) is 20.6. The molecule has 7 nitrogen and oxygen atoms in total. The van der Waals surface area contributed by atoms with E-state index in [2.05, 4.69) is 32.2 Å². The number of aromatic nitrogens is 4. The highest BCUT2D eigenvalue weighted by Crippen LogP contribution is 2.20. The molecule has 0 radical (unpaired) electrons. The molecule has 2 aromatic rings. The third-order valence-electron chi connectivity index (χ3n) is 3.78. The lowest BCUT2D eigenvalue weighted by atomic mass is 10.3. The van der Waals surface area contributed by atoms with Gasteiger partial charge in [0.2, 0.25) is 0 Å². The Hall–Kier alpha value is -1.73. The van der Waals surface area contributed by atoms with Crippen molar-refractivity contribution >= 4 is 16.9 Å². The highest BCUT2D eigenvalue weighted by atomic mass is 16.5. The molecule has 3 heterocycles. The summed E-state index contributed by atoms with van der Waals surface area (Å²) in [5.74, 6) is 1.66. The van der Waals surface area contributed by atoms with Crippen molar-refractivity contribution in [3.8, 4) is 0 Å². The minimum absolute atomic E-state index is 0.261. The van der Waals surface area contributed by atoms with E-state index >= 15 is 0 Å². The lowest BCUT2D eigenvalue weighted by Gasteiger charge is -2.21. The second-order valence-corrected chi connectivity index (χ2v) is 5.51. The van der Waals surface area contributed by atoms with Gasteiger partial charge in [-0.2, -0.15) is 5.10 Å². The average molecular weight is 290 g/mol. The number of anilines is 1. The van der Waals surface area contributed by atoms with Crippen molar-refractivity contribution in [3.63, 3.8) is 0 Å². The Kier molecular flexibility index (Phi) is 4.03. The molecule has 0 aromatic carbocycles. The van der Waals surface area contributed by atoms with Crippen LogP contribution in [0.25, 0.3) is 11.0 Å². The van der Waals surface area contributed by atoms with Gasteiger partial charge >= 0.3 is 0 Å². The fourth-order valence-electron chi connectivity index (χ4n) is 2.75. The van der Waals surface area contributed by atoms with Gasteiger partial charge in [0.15, 0.2) is 5.65 Å². The van der Waals surface area contributed by atoms with E-state index in [4.69, 9.17) is 4.74 Å². The van der Waals surface area contributed by atoms with Crippen LogP contribution in [0.5, 0.6) is 0 Å². The molecule has 7 heteroatoms. The highest BCUT2D eigenvalue weighted by molar-refractivity contribution is 5.86. The Labute approximate surface area is 124 Å². The Morgan fingerprint density at radius 2 is 2.29 bits per heavy atom. The van der Waals surface area contributed by atoms with Crippen molar-refractivity contribution in [2.45, 2.75) is 26.0 Å². The van der Waals surface area contributed by atoms with Gasteiger partial charge in [-0.15, -0.1) is 0 Å². The van der Waals surface area contributed by atoms with Gasteiger partial charge in [0.25, 0.3) is 0 Å². The van der Waals surface area contributed by atoms with Gasteiger partial charge in [-0.1, -0.05) is 0 Å². The van der Waals surface area contributed by atoms with Crippen LogP contribution in [-0.2, 0) is 18.3 Å². The average Bonchev–Trinajstić information content (AvgIpc) is 2.71. The topological polar surface area (TPSA) is 68.1 Å². The third kappa shape index (κ3) is 2.98. The zero-order chi connectivity index (χ0) is 14.8. The predicted octanol–water partition coefficient (Wildman–Crippen LogP) is 1.02. The first-order valence-electron chi connectivity index (χ1n) is 7.37. The number of rotatable bonds is 3. The number of fused-ring (bicyclic) bond motifs is 1. The van der Waals surface area contributed by atoms with E-state index in [0.717, 1.165) is 55.3 Å². The maximum Gasteiger partial charge on any atom is 0.163 e. The second-order valence-electron chi connectivity index (χ2n) is 5.51. The minimum Gasteiger partial charge on any atom is -0.377 e. The molecule has 0 amide bonds. The zero-order valence-corrected chi connectivity index (χ0v) is 12.8. The molecular weight excluding hydrogens is 268 g/mol. The fourth-order valence-corrected chi connectivity index (χ4v) is 2.75. The van der Waals surface area contributed by atoms with Gasteiger partial charge in [-0.3, -0.25) is 9.58 Å². The van der Waals surface area contributed by atoms with Gasteiger partial charge < -0.3 is 10.1 Å².